The second-order valence-corrected chi connectivity index (χ2v) is 7.14. The second kappa shape index (κ2) is 7.08. The predicted octanol–water partition coefficient (Wildman–Crippen LogP) is 3.40. The molecule has 1 fully saturated rings. The lowest BCUT2D eigenvalue weighted by molar-refractivity contribution is 0.102. The highest BCUT2D eigenvalue weighted by atomic mass is 19.1. The SMILES string of the molecule is Cc1cc(C(=O)Nc2ccn(C3CCN(C)CC3)n2)c2ccc(F)cc2n1. The van der Waals surface area contributed by atoms with Crippen LogP contribution in [0.2, 0.25) is 0 Å². The summed E-state index contributed by atoms with van der Waals surface area (Å²) in [6.07, 6.45) is 4.01. The van der Waals surface area contributed by atoms with Gasteiger partial charge in [-0.3, -0.25) is 14.5 Å². The number of benzene rings is 1. The number of aryl methyl sites for hydroxylation is 1. The highest BCUT2D eigenvalue weighted by Crippen LogP contribution is 2.23. The Morgan fingerprint density at radius 3 is 2.78 bits per heavy atom. The number of carbonyl (C=O) groups excluding carboxylic acids is 1. The quantitative estimate of drug-likeness (QED) is 0.771. The summed E-state index contributed by atoms with van der Waals surface area (Å²) in [5.74, 6) is -0.127. The number of fused-ring (bicyclic) bond motifs is 1. The van der Waals surface area contributed by atoms with Crippen LogP contribution < -0.4 is 5.32 Å². The van der Waals surface area contributed by atoms with Crippen LogP contribution in [0.3, 0.4) is 0 Å². The molecule has 1 saturated heterocycles. The molecule has 27 heavy (non-hydrogen) atoms. The molecule has 1 aromatic carbocycles. The largest absolute Gasteiger partial charge is 0.306 e. The van der Waals surface area contributed by atoms with Crippen molar-refractivity contribution in [2.45, 2.75) is 25.8 Å². The van der Waals surface area contributed by atoms with Gasteiger partial charge in [0.25, 0.3) is 5.91 Å². The first-order valence-electron chi connectivity index (χ1n) is 9.11. The van der Waals surface area contributed by atoms with Gasteiger partial charge in [0.15, 0.2) is 5.82 Å². The van der Waals surface area contributed by atoms with Gasteiger partial charge in [-0.05, 0) is 58.1 Å². The molecule has 0 bridgehead atoms. The van der Waals surface area contributed by atoms with Gasteiger partial charge in [-0.1, -0.05) is 0 Å². The average molecular weight is 367 g/mol. The average Bonchev–Trinajstić information content (AvgIpc) is 3.09. The van der Waals surface area contributed by atoms with Crippen molar-refractivity contribution in [2.75, 3.05) is 25.5 Å². The number of aromatic nitrogens is 3. The molecular weight excluding hydrogens is 345 g/mol. The highest BCUT2D eigenvalue weighted by molar-refractivity contribution is 6.12. The molecule has 2 aromatic heterocycles. The van der Waals surface area contributed by atoms with E-state index in [-0.39, 0.29) is 11.7 Å². The van der Waals surface area contributed by atoms with E-state index in [0.717, 1.165) is 25.9 Å². The van der Waals surface area contributed by atoms with E-state index in [1.54, 1.807) is 19.1 Å². The zero-order chi connectivity index (χ0) is 19.0. The van der Waals surface area contributed by atoms with Crippen molar-refractivity contribution < 1.29 is 9.18 Å². The number of halogens is 1. The summed E-state index contributed by atoms with van der Waals surface area (Å²) < 4.78 is 15.4. The van der Waals surface area contributed by atoms with Crippen molar-refractivity contribution >= 4 is 22.6 Å². The summed E-state index contributed by atoms with van der Waals surface area (Å²) in [7, 11) is 2.12. The maximum atomic E-state index is 13.5. The Kier molecular flexibility index (Phi) is 4.61. The number of pyridine rings is 1. The van der Waals surface area contributed by atoms with Crippen LogP contribution in [0, 0.1) is 12.7 Å². The van der Waals surface area contributed by atoms with Gasteiger partial charge >= 0.3 is 0 Å². The molecule has 0 atom stereocenters. The monoisotopic (exact) mass is 367 g/mol. The van der Waals surface area contributed by atoms with Gasteiger partial charge < -0.3 is 10.2 Å². The zero-order valence-electron chi connectivity index (χ0n) is 15.4. The topological polar surface area (TPSA) is 63.1 Å². The molecule has 1 amide bonds. The van der Waals surface area contributed by atoms with Crippen LogP contribution in [0.5, 0.6) is 0 Å². The summed E-state index contributed by atoms with van der Waals surface area (Å²) in [4.78, 5) is 19.4. The third-order valence-electron chi connectivity index (χ3n) is 5.06. The van der Waals surface area contributed by atoms with Crippen molar-refractivity contribution in [2.24, 2.45) is 0 Å². The van der Waals surface area contributed by atoms with Crippen LogP contribution in [0.15, 0.2) is 36.5 Å². The molecule has 140 valence electrons. The highest BCUT2D eigenvalue weighted by Gasteiger charge is 2.20. The molecule has 0 saturated carbocycles. The van der Waals surface area contributed by atoms with E-state index >= 15 is 0 Å². The second-order valence-electron chi connectivity index (χ2n) is 7.14. The molecule has 1 N–H and O–H groups in total. The lowest BCUT2D eigenvalue weighted by Gasteiger charge is -2.28. The molecule has 3 aromatic rings. The molecule has 7 heteroatoms. The lowest BCUT2D eigenvalue weighted by atomic mass is 10.1. The van der Waals surface area contributed by atoms with Gasteiger partial charge in [0.1, 0.15) is 5.82 Å². The number of piperidine rings is 1. The minimum absolute atomic E-state index is 0.272. The summed E-state index contributed by atoms with van der Waals surface area (Å²) in [6, 6.07) is 8.15. The third-order valence-corrected chi connectivity index (χ3v) is 5.06. The Morgan fingerprint density at radius 1 is 1.22 bits per heavy atom. The van der Waals surface area contributed by atoms with E-state index in [1.807, 2.05) is 16.9 Å². The molecule has 0 unspecified atom stereocenters. The first-order valence-corrected chi connectivity index (χ1v) is 9.11. The van der Waals surface area contributed by atoms with E-state index in [4.69, 9.17) is 0 Å². The van der Waals surface area contributed by atoms with Crippen LogP contribution in [0.25, 0.3) is 10.9 Å². The Balaban J connectivity index is 1.56. The number of nitrogens with zero attached hydrogens (tertiary/aromatic N) is 4. The molecule has 0 radical (unpaired) electrons. The molecule has 6 nitrogen and oxygen atoms in total. The smallest absolute Gasteiger partial charge is 0.257 e. The van der Waals surface area contributed by atoms with Crippen molar-refractivity contribution in [3.8, 4) is 0 Å². The van der Waals surface area contributed by atoms with Crippen LogP contribution in [0.4, 0.5) is 10.2 Å². The molecule has 0 aliphatic carbocycles. The molecule has 1 aliphatic rings. The number of carbonyl (C=O) groups is 1. The van der Waals surface area contributed by atoms with E-state index in [9.17, 15) is 9.18 Å². The van der Waals surface area contributed by atoms with Gasteiger partial charge in [-0.2, -0.15) is 5.10 Å². The minimum Gasteiger partial charge on any atom is -0.306 e. The standard InChI is InChI=1S/C20H22FN5O/c1-13-11-17(16-4-3-14(21)12-18(16)22-13)20(27)23-19-7-10-26(24-19)15-5-8-25(2)9-6-15/h3-4,7,10-12,15H,5-6,8-9H2,1-2H3,(H,23,24,27). The number of hydrogen-bond acceptors (Lipinski definition) is 4. The van der Waals surface area contributed by atoms with Crippen molar-refractivity contribution in [1.29, 1.82) is 0 Å². The minimum atomic E-state index is -0.371. The first-order chi connectivity index (χ1) is 13.0. The predicted molar refractivity (Wildman–Crippen MR) is 102 cm³/mol. The molecule has 0 spiro atoms. The Morgan fingerprint density at radius 2 is 2.00 bits per heavy atom. The fourth-order valence-corrected chi connectivity index (χ4v) is 3.57. The van der Waals surface area contributed by atoms with Crippen LogP contribution in [0.1, 0.15) is 34.9 Å². The number of anilines is 1. The van der Waals surface area contributed by atoms with E-state index in [2.05, 4.69) is 27.3 Å². The number of hydrogen-bond donors (Lipinski definition) is 1. The summed E-state index contributed by atoms with van der Waals surface area (Å²) in [6.45, 7) is 3.88. The van der Waals surface area contributed by atoms with Crippen molar-refractivity contribution in [3.63, 3.8) is 0 Å². The van der Waals surface area contributed by atoms with Gasteiger partial charge in [0.2, 0.25) is 0 Å². The van der Waals surface area contributed by atoms with Gasteiger partial charge in [0.05, 0.1) is 17.1 Å². The summed E-state index contributed by atoms with van der Waals surface area (Å²) >= 11 is 0. The number of amides is 1. The number of rotatable bonds is 3. The Hall–Kier alpha value is -2.80. The maximum absolute atomic E-state index is 13.5. The molecular formula is C20H22FN5O. The number of likely N-dealkylation sites (tertiary alicyclic amines) is 1. The molecule has 3 heterocycles. The lowest BCUT2D eigenvalue weighted by Crippen LogP contribution is -2.31. The molecule has 4 rings (SSSR count). The van der Waals surface area contributed by atoms with Gasteiger partial charge in [0, 0.05) is 29.4 Å². The van der Waals surface area contributed by atoms with Crippen molar-refractivity contribution in [3.05, 3.63) is 53.6 Å². The fourth-order valence-electron chi connectivity index (χ4n) is 3.57. The Bertz CT molecular complexity index is 986. The first kappa shape index (κ1) is 17.6. The van der Waals surface area contributed by atoms with Gasteiger partial charge in [-0.25, -0.2) is 4.39 Å². The van der Waals surface area contributed by atoms with Crippen LogP contribution >= 0.6 is 0 Å². The maximum Gasteiger partial charge on any atom is 0.257 e. The fraction of sp³-hybridized carbons (Fsp3) is 0.350. The van der Waals surface area contributed by atoms with Crippen molar-refractivity contribution in [1.82, 2.24) is 19.7 Å². The summed E-state index contributed by atoms with van der Waals surface area (Å²) in [5, 5.41) is 8.01. The van der Waals surface area contributed by atoms with Gasteiger partial charge in [-0.15, -0.1) is 0 Å². The third kappa shape index (κ3) is 3.68. The van der Waals surface area contributed by atoms with E-state index < -0.39 is 0 Å². The van der Waals surface area contributed by atoms with E-state index in [0.29, 0.717) is 34.0 Å². The normalized spacial score (nSPS) is 16.0. The summed E-state index contributed by atoms with van der Waals surface area (Å²) in [5.41, 5.74) is 1.60. The molecule has 1 aliphatic heterocycles. The van der Waals surface area contributed by atoms with Crippen LogP contribution in [-0.4, -0.2) is 45.7 Å². The zero-order valence-corrected chi connectivity index (χ0v) is 15.4. The number of nitrogens with one attached hydrogen (secondary N) is 1. The van der Waals surface area contributed by atoms with E-state index in [1.165, 1.54) is 12.1 Å². The van der Waals surface area contributed by atoms with Crippen LogP contribution in [-0.2, 0) is 0 Å². The Labute approximate surface area is 157 Å².